The average Bonchev–Trinajstić information content (AvgIpc) is 2.40. The molecule has 1 N–H and O–H groups in total. The van der Waals surface area contributed by atoms with Crippen LogP contribution in [0.4, 0.5) is 0 Å². The van der Waals surface area contributed by atoms with Gasteiger partial charge in [0.1, 0.15) is 6.29 Å². The van der Waals surface area contributed by atoms with Gasteiger partial charge in [-0.3, -0.25) is 0 Å². The summed E-state index contributed by atoms with van der Waals surface area (Å²) in [5, 5.41) is 7.00. The third-order valence-electron chi connectivity index (χ3n) is 2.20. The lowest BCUT2D eigenvalue weighted by Gasteiger charge is -2.04. The molecule has 1 rings (SSSR count). The van der Waals surface area contributed by atoms with E-state index in [1.165, 1.54) is 11.1 Å². The molecule has 0 aromatic heterocycles. The van der Waals surface area contributed by atoms with E-state index in [9.17, 15) is 4.79 Å². The number of aryl methyl sites for hydroxylation is 2. The molecule has 0 saturated heterocycles. The Bertz CT molecular complexity index is 282. The fourth-order valence-electron chi connectivity index (χ4n) is 1.33. The number of carbonyl (C=O) groups is 1. The van der Waals surface area contributed by atoms with E-state index < -0.39 is 0 Å². The normalized spacial score (nSPS) is 10.2. The molecule has 0 heterocycles. The van der Waals surface area contributed by atoms with E-state index in [4.69, 9.17) is 5.11 Å². The molecule has 0 saturated carbocycles. The van der Waals surface area contributed by atoms with Gasteiger partial charge < -0.3 is 9.90 Å². The Morgan fingerprint density at radius 3 is 2.35 bits per heavy atom. The van der Waals surface area contributed by atoms with Gasteiger partial charge in [-0.2, -0.15) is 0 Å². The van der Waals surface area contributed by atoms with Crippen LogP contribution in [0.3, 0.4) is 0 Å². The smallest absolute Gasteiger partial charge is 0.122 e. The second kappa shape index (κ2) is 12.9. The zero-order valence-electron chi connectivity index (χ0n) is 11.7. The summed E-state index contributed by atoms with van der Waals surface area (Å²) in [6.07, 6.45) is 2.98. The number of benzene rings is 1. The van der Waals surface area contributed by atoms with Gasteiger partial charge >= 0.3 is 0 Å². The van der Waals surface area contributed by atoms with Crippen molar-refractivity contribution in [3.63, 3.8) is 0 Å². The van der Waals surface area contributed by atoms with Gasteiger partial charge in [0.05, 0.1) is 0 Å². The lowest BCUT2D eigenvalue weighted by molar-refractivity contribution is -0.110. The van der Waals surface area contributed by atoms with E-state index in [0.717, 1.165) is 26.2 Å². The van der Waals surface area contributed by atoms with Crippen LogP contribution in [0.15, 0.2) is 24.3 Å². The van der Waals surface area contributed by atoms with Crippen LogP contribution in [-0.2, 0) is 11.2 Å². The first-order chi connectivity index (χ1) is 8.22. The highest BCUT2D eigenvalue weighted by molar-refractivity contribution is 5.52. The van der Waals surface area contributed by atoms with Crippen molar-refractivity contribution in [1.82, 2.24) is 0 Å². The first kappa shape index (κ1) is 18.2. The summed E-state index contributed by atoms with van der Waals surface area (Å²) in [5.41, 5.74) is 2.62. The lowest BCUT2D eigenvalue weighted by Crippen LogP contribution is -1.98. The summed E-state index contributed by atoms with van der Waals surface area (Å²) in [6.45, 7) is 8.05. The van der Waals surface area contributed by atoms with Gasteiger partial charge in [-0.15, -0.1) is 0 Å². The van der Waals surface area contributed by atoms with Gasteiger partial charge in [0, 0.05) is 13.0 Å². The SMILES string of the molecule is CC.CO.Cc1cccc(CCC(C)C=O)c1. The summed E-state index contributed by atoms with van der Waals surface area (Å²) in [5.74, 6) is 0.181. The summed E-state index contributed by atoms with van der Waals surface area (Å²) >= 11 is 0. The van der Waals surface area contributed by atoms with Crippen LogP contribution in [0.1, 0.15) is 38.3 Å². The van der Waals surface area contributed by atoms with Crippen molar-refractivity contribution in [2.45, 2.75) is 40.5 Å². The van der Waals surface area contributed by atoms with Crippen molar-refractivity contribution in [1.29, 1.82) is 0 Å². The van der Waals surface area contributed by atoms with Gasteiger partial charge in [0.25, 0.3) is 0 Å². The number of hydrogen-bond acceptors (Lipinski definition) is 2. The van der Waals surface area contributed by atoms with E-state index in [1.807, 2.05) is 20.8 Å². The monoisotopic (exact) mass is 238 g/mol. The minimum Gasteiger partial charge on any atom is -0.400 e. The fourth-order valence-corrected chi connectivity index (χ4v) is 1.33. The van der Waals surface area contributed by atoms with Crippen LogP contribution in [0.2, 0.25) is 0 Å². The highest BCUT2D eigenvalue weighted by Gasteiger charge is 2.00. The standard InChI is InChI=1S/C12H16O.C2H6.CH4O/c1-10-4-3-5-12(8-10)7-6-11(2)9-13;2*1-2/h3-5,8-9,11H,6-7H2,1-2H3;1-2H3;2H,1H3. The molecule has 98 valence electrons. The third-order valence-corrected chi connectivity index (χ3v) is 2.20. The Kier molecular flexibility index (Phi) is 13.8. The predicted octanol–water partition coefficient (Wildman–Crippen LogP) is 3.40. The highest BCUT2D eigenvalue weighted by atomic mass is 16.2. The Balaban J connectivity index is 0. The minimum atomic E-state index is 0.181. The van der Waals surface area contributed by atoms with Crippen LogP contribution in [0, 0.1) is 12.8 Å². The van der Waals surface area contributed by atoms with Gasteiger partial charge in [-0.05, 0) is 25.3 Å². The van der Waals surface area contributed by atoms with Crippen LogP contribution < -0.4 is 0 Å². The highest BCUT2D eigenvalue weighted by Crippen LogP contribution is 2.09. The van der Waals surface area contributed by atoms with E-state index >= 15 is 0 Å². The summed E-state index contributed by atoms with van der Waals surface area (Å²) in [7, 11) is 1.00. The molecule has 1 unspecified atom stereocenters. The quantitative estimate of drug-likeness (QED) is 0.816. The molecule has 0 aliphatic rings. The number of aliphatic hydroxyl groups is 1. The molecular weight excluding hydrogens is 212 g/mol. The molecule has 1 atom stereocenters. The molecule has 0 aliphatic heterocycles. The van der Waals surface area contributed by atoms with Crippen molar-refractivity contribution < 1.29 is 9.90 Å². The van der Waals surface area contributed by atoms with Crippen molar-refractivity contribution in [2.24, 2.45) is 5.92 Å². The Morgan fingerprint density at radius 1 is 1.29 bits per heavy atom. The second-order valence-electron chi connectivity index (χ2n) is 3.64. The maximum Gasteiger partial charge on any atom is 0.122 e. The molecule has 0 spiro atoms. The van der Waals surface area contributed by atoms with Crippen LogP contribution >= 0.6 is 0 Å². The van der Waals surface area contributed by atoms with Crippen LogP contribution in [-0.4, -0.2) is 18.5 Å². The molecule has 0 fully saturated rings. The van der Waals surface area contributed by atoms with Gasteiger partial charge in [0.15, 0.2) is 0 Å². The van der Waals surface area contributed by atoms with Crippen molar-refractivity contribution >= 4 is 6.29 Å². The fraction of sp³-hybridized carbons (Fsp3) is 0.533. The maximum atomic E-state index is 10.4. The number of carbonyl (C=O) groups excluding carboxylic acids is 1. The Morgan fingerprint density at radius 2 is 1.88 bits per heavy atom. The molecule has 17 heavy (non-hydrogen) atoms. The third kappa shape index (κ3) is 9.76. The minimum absolute atomic E-state index is 0.181. The molecule has 0 aliphatic carbocycles. The van der Waals surface area contributed by atoms with Crippen LogP contribution in [0.5, 0.6) is 0 Å². The number of rotatable bonds is 4. The average molecular weight is 238 g/mol. The zero-order chi connectivity index (χ0) is 13.7. The first-order valence-electron chi connectivity index (χ1n) is 6.18. The second-order valence-corrected chi connectivity index (χ2v) is 3.64. The summed E-state index contributed by atoms with van der Waals surface area (Å²) < 4.78 is 0. The van der Waals surface area contributed by atoms with Gasteiger partial charge in [-0.1, -0.05) is 50.6 Å². The summed E-state index contributed by atoms with van der Waals surface area (Å²) in [6, 6.07) is 8.45. The molecule has 0 radical (unpaired) electrons. The Hall–Kier alpha value is -1.15. The van der Waals surface area contributed by atoms with Crippen molar-refractivity contribution in [3.05, 3.63) is 35.4 Å². The first-order valence-corrected chi connectivity index (χ1v) is 6.18. The van der Waals surface area contributed by atoms with Crippen molar-refractivity contribution in [3.8, 4) is 0 Å². The largest absolute Gasteiger partial charge is 0.400 e. The van der Waals surface area contributed by atoms with Crippen LogP contribution in [0.25, 0.3) is 0 Å². The topological polar surface area (TPSA) is 37.3 Å². The number of aliphatic hydroxyl groups excluding tert-OH is 1. The maximum absolute atomic E-state index is 10.4. The van der Waals surface area contributed by atoms with Gasteiger partial charge in [-0.25, -0.2) is 0 Å². The molecular formula is C15H26O2. The molecule has 1 aromatic carbocycles. The Labute approximate surface area is 106 Å². The number of hydrogen-bond donors (Lipinski definition) is 1. The van der Waals surface area contributed by atoms with E-state index in [-0.39, 0.29) is 5.92 Å². The van der Waals surface area contributed by atoms with E-state index in [2.05, 4.69) is 31.2 Å². The lowest BCUT2D eigenvalue weighted by atomic mass is 10.0. The molecule has 2 nitrogen and oxygen atoms in total. The zero-order valence-corrected chi connectivity index (χ0v) is 11.7. The molecule has 2 heteroatoms. The molecule has 0 amide bonds. The predicted molar refractivity (Wildman–Crippen MR) is 74.2 cm³/mol. The van der Waals surface area contributed by atoms with E-state index in [1.54, 1.807) is 0 Å². The van der Waals surface area contributed by atoms with Crippen molar-refractivity contribution in [2.75, 3.05) is 7.11 Å². The summed E-state index contributed by atoms with van der Waals surface area (Å²) in [4.78, 5) is 10.4. The van der Waals surface area contributed by atoms with E-state index in [0.29, 0.717) is 0 Å². The molecule has 0 bridgehead atoms. The molecule has 1 aromatic rings. The van der Waals surface area contributed by atoms with Gasteiger partial charge in [0.2, 0.25) is 0 Å². The number of aldehydes is 1.